The summed E-state index contributed by atoms with van der Waals surface area (Å²) in [6, 6.07) is -0.0673. The predicted molar refractivity (Wildman–Crippen MR) is 68.0 cm³/mol. The molecule has 2 amide bonds. The van der Waals surface area contributed by atoms with Crippen LogP contribution in [0.15, 0.2) is 6.20 Å². The number of hydrogen-bond acceptors (Lipinski definition) is 2. The average molecular weight is 238 g/mol. The number of carbonyl (C=O) groups excluding carboxylic acids is 1. The van der Waals surface area contributed by atoms with Crippen LogP contribution in [-0.2, 0) is 6.42 Å². The minimum absolute atomic E-state index is 0.0673. The van der Waals surface area contributed by atoms with Crippen LogP contribution in [-0.4, -0.2) is 29.3 Å². The molecular formula is C12H22N4O. The summed E-state index contributed by atoms with van der Waals surface area (Å²) in [4.78, 5) is 11.3. The van der Waals surface area contributed by atoms with Crippen molar-refractivity contribution in [2.24, 2.45) is 0 Å². The molecule has 0 saturated heterocycles. The van der Waals surface area contributed by atoms with Crippen LogP contribution in [0.2, 0.25) is 0 Å². The highest BCUT2D eigenvalue weighted by Crippen LogP contribution is 2.04. The lowest BCUT2D eigenvalue weighted by molar-refractivity contribution is 0.240. The number of aromatic nitrogens is 2. The first kappa shape index (κ1) is 13.5. The number of hydrogen-bond donors (Lipinski definition) is 3. The zero-order valence-corrected chi connectivity index (χ0v) is 10.7. The van der Waals surface area contributed by atoms with Crippen molar-refractivity contribution in [3.05, 3.63) is 17.5 Å². The fourth-order valence-electron chi connectivity index (χ4n) is 1.55. The minimum atomic E-state index is -0.0673. The number of H-pyrrole nitrogens is 1. The number of amides is 2. The summed E-state index contributed by atoms with van der Waals surface area (Å²) < 4.78 is 0. The number of rotatable bonds is 7. The Morgan fingerprint density at radius 2 is 2.06 bits per heavy atom. The van der Waals surface area contributed by atoms with Crippen LogP contribution in [0.5, 0.6) is 0 Å². The van der Waals surface area contributed by atoms with E-state index in [1.807, 2.05) is 13.1 Å². The quantitative estimate of drug-likeness (QED) is 0.633. The molecule has 17 heavy (non-hydrogen) atoms. The smallest absolute Gasteiger partial charge is 0.314 e. The Hall–Kier alpha value is -1.52. The maximum atomic E-state index is 11.3. The second-order valence-corrected chi connectivity index (χ2v) is 4.16. The molecule has 5 heteroatoms. The second-order valence-electron chi connectivity index (χ2n) is 4.16. The van der Waals surface area contributed by atoms with Gasteiger partial charge in [-0.3, -0.25) is 5.10 Å². The van der Waals surface area contributed by atoms with Crippen LogP contribution in [0.1, 0.15) is 37.4 Å². The van der Waals surface area contributed by atoms with Crippen molar-refractivity contribution in [3.8, 4) is 0 Å². The van der Waals surface area contributed by atoms with Crippen molar-refractivity contribution >= 4 is 6.03 Å². The van der Waals surface area contributed by atoms with Crippen LogP contribution in [0.25, 0.3) is 0 Å². The maximum Gasteiger partial charge on any atom is 0.314 e. The van der Waals surface area contributed by atoms with Gasteiger partial charge in [-0.1, -0.05) is 13.3 Å². The van der Waals surface area contributed by atoms with Crippen molar-refractivity contribution in [3.63, 3.8) is 0 Å². The van der Waals surface area contributed by atoms with Gasteiger partial charge in [-0.15, -0.1) is 0 Å². The Bertz CT molecular complexity index is 335. The van der Waals surface area contributed by atoms with Crippen LogP contribution < -0.4 is 10.6 Å². The van der Waals surface area contributed by atoms with E-state index in [1.54, 1.807) is 0 Å². The third kappa shape index (κ3) is 5.38. The molecule has 0 bridgehead atoms. The monoisotopic (exact) mass is 238 g/mol. The van der Waals surface area contributed by atoms with Gasteiger partial charge in [-0.2, -0.15) is 5.10 Å². The zero-order chi connectivity index (χ0) is 12.5. The lowest BCUT2D eigenvalue weighted by Gasteiger charge is -2.06. The van der Waals surface area contributed by atoms with E-state index >= 15 is 0 Å². The molecule has 1 aromatic rings. The van der Waals surface area contributed by atoms with E-state index in [0.717, 1.165) is 37.9 Å². The van der Waals surface area contributed by atoms with Gasteiger partial charge in [-0.05, 0) is 31.7 Å². The standard InChI is InChI=1S/C12H22N4O/c1-3-4-7-13-12(17)14-8-5-6-11-9-15-16-10(11)2/h9H,3-8H2,1-2H3,(H,15,16)(H2,13,14,17). The SMILES string of the molecule is CCCCNC(=O)NCCCc1cn[nH]c1C. The minimum Gasteiger partial charge on any atom is -0.338 e. The molecule has 5 nitrogen and oxygen atoms in total. The van der Waals surface area contributed by atoms with Gasteiger partial charge in [0.25, 0.3) is 0 Å². The molecule has 0 aliphatic rings. The Morgan fingerprint density at radius 1 is 1.35 bits per heavy atom. The average Bonchev–Trinajstić information content (AvgIpc) is 2.71. The van der Waals surface area contributed by atoms with Gasteiger partial charge >= 0.3 is 6.03 Å². The predicted octanol–water partition coefficient (Wildman–Crippen LogP) is 1.75. The fourth-order valence-corrected chi connectivity index (χ4v) is 1.55. The van der Waals surface area contributed by atoms with Crippen LogP contribution in [0.3, 0.4) is 0 Å². The summed E-state index contributed by atoms with van der Waals surface area (Å²) in [5.41, 5.74) is 2.33. The highest BCUT2D eigenvalue weighted by atomic mass is 16.2. The van der Waals surface area contributed by atoms with E-state index < -0.39 is 0 Å². The van der Waals surface area contributed by atoms with Crippen molar-refractivity contribution < 1.29 is 4.79 Å². The molecule has 1 rings (SSSR count). The Morgan fingerprint density at radius 3 is 2.65 bits per heavy atom. The molecule has 3 N–H and O–H groups in total. The number of aromatic amines is 1. The highest BCUT2D eigenvalue weighted by molar-refractivity contribution is 5.73. The van der Waals surface area contributed by atoms with Crippen LogP contribution in [0, 0.1) is 6.92 Å². The molecule has 1 heterocycles. The van der Waals surface area contributed by atoms with E-state index in [-0.39, 0.29) is 6.03 Å². The number of unbranched alkanes of at least 4 members (excludes halogenated alkanes) is 1. The van der Waals surface area contributed by atoms with Crippen LogP contribution in [0.4, 0.5) is 4.79 Å². The van der Waals surface area contributed by atoms with Gasteiger partial charge in [0, 0.05) is 18.8 Å². The normalized spacial score (nSPS) is 10.2. The number of nitrogens with one attached hydrogen (secondary N) is 3. The van der Waals surface area contributed by atoms with Gasteiger partial charge in [-0.25, -0.2) is 4.79 Å². The van der Waals surface area contributed by atoms with Gasteiger partial charge in [0.05, 0.1) is 6.20 Å². The molecule has 96 valence electrons. The van der Waals surface area contributed by atoms with E-state index in [1.165, 1.54) is 5.56 Å². The highest BCUT2D eigenvalue weighted by Gasteiger charge is 2.01. The zero-order valence-electron chi connectivity index (χ0n) is 10.7. The molecule has 0 radical (unpaired) electrons. The molecule has 0 aliphatic heterocycles. The number of carbonyl (C=O) groups is 1. The van der Waals surface area contributed by atoms with E-state index in [9.17, 15) is 4.79 Å². The fraction of sp³-hybridized carbons (Fsp3) is 0.667. The molecule has 0 spiro atoms. The Labute approximate surface area is 102 Å². The molecule has 0 unspecified atom stereocenters. The van der Waals surface area contributed by atoms with Crippen LogP contribution >= 0.6 is 0 Å². The largest absolute Gasteiger partial charge is 0.338 e. The molecule has 1 aromatic heterocycles. The van der Waals surface area contributed by atoms with Gasteiger partial charge in [0.2, 0.25) is 0 Å². The first-order valence-corrected chi connectivity index (χ1v) is 6.24. The van der Waals surface area contributed by atoms with Crippen molar-refractivity contribution in [1.82, 2.24) is 20.8 Å². The van der Waals surface area contributed by atoms with Crippen molar-refractivity contribution in [2.45, 2.75) is 39.5 Å². The summed E-state index contributed by atoms with van der Waals surface area (Å²) in [6.07, 6.45) is 5.84. The van der Waals surface area contributed by atoms with E-state index in [0.29, 0.717) is 6.54 Å². The van der Waals surface area contributed by atoms with Crippen molar-refractivity contribution in [2.75, 3.05) is 13.1 Å². The van der Waals surface area contributed by atoms with Crippen molar-refractivity contribution in [1.29, 1.82) is 0 Å². The lowest BCUT2D eigenvalue weighted by Crippen LogP contribution is -2.36. The molecule has 0 aromatic carbocycles. The third-order valence-electron chi connectivity index (χ3n) is 2.66. The van der Waals surface area contributed by atoms with E-state index in [4.69, 9.17) is 0 Å². The van der Waals surface area contributed by atoms with Gasteiger partial charge in [0.15, 0.2) is 0 Å². The van der Waals surface area contributed by atoms with Gasteiger partial charge in [0.1, 0.15) is 0 Å². The second kappa shape index (κ2) is 7.70. The number of aryl methyl sites for hydroxylation is 2. The molecule has 0 saturated carbocycles. The summed E-state index contributed by atoms with van der Waals surface area (Å²) in [5, 5.41) is 12.5. The molecular weight excluding hydrogens is 216 g/mol. The molecule has 0 fully saturated rings. The lowest BCUT2D eigenvalue weighted by atomic mass is 10.1. The first-order valence-electron chi connectivity index (χ1n) is 6.24. The summed E-state index contributed by atoms with van der Waals surface area (Å²) in [5.74, 6) is 0. The summed E-state index contributed by atoms with van der Waals surface area (Å²) in [7, 11) is 0. The Kier molecular flexibility index (Phi) is 6.14. The third-order valence-corrected chi connectivity index (χ3v) is 2.66. The molecule has 0 aliphatic carbocycles. The van der Waals surface area contributed by atoms with E-state index in [2.05, 4.69) is 27.8 Å². The number of urea groups is 1. The number of nitrogens with zero attached hydrogens (tertiary/aromatic N) is 1. The maximum absolute atomic E-state index is 11.3. The Balaban J connectivity index is 2.04. The molecule has 0 atom stereocenters. The van der Waals surface area contributed by atoms with Gasteiger partial charge < -0.3 is 10.6 Å². The summed E-state index contributed by atoms with van der Waals surface area (Å²) in [6.45, 7) is 5.56. The summed E-state index contributed by atoms with van der Waals surface area (Å²) >= 11 is 0. The topological polar surface area (TPSA) is 69.8 Å². The first-order chi connectivity index (χ1) is 8.24.